The van der Waals surface area contributed by atoms with E-state index in [2.05, 4.69) is 15.5 Å². The van der Waals surface area contributed by atoms with Gasteiger partial charge in [0.15, 0.2) is 11.0 Å². The molecule has 0 saturated heterocycles. The highest BCUT2D eigenvalue weighted by atomic mass is 35.5. The van der Waals surface area contributed by atoms with Crippen LogP contribution >= 0.6 is 23.4 Å². The van der Waals surface area contributed by atoms with Crippen LogP contribution in [0.4, 0.5) is 5.69 Å². The van der Waals surface area contributed by atoms with Crippen LogP contribution in [-0.4, -0.2) is 35.3 Å². The molecule has 1 atom stereocenters. The first-order chi connectivity index (χ1) is 18.7. The van der Waals surface area contributed by atoms with Crippen molar-refractivity contribution in [1.29, 1.82) is 0 Å². The van der Waals surface area contributed by atoms with Crippen LogP contribution in [0, 0.1) is 13.8 Å². The van der Waals surface area contributed by atoms with Crippen molar-refractivity contribution in [2.75, 3.05) is 5.32 Å². The molecule has 3 aromatic carbocycles. The number of nitrogens with one attached hydrogen (secondary N) is 1. The Bertz CT molecular complexity index is 1710. The predicted octanol–water partition coefficient (Wildman–Crippen LogP) is 5.81. The Morgan fingerprint density at radius 2 is 1.67 bits per heavy atom. The Morgan fingerprint density at radius 3 is 2.36 bits per heavy atom. The van der Waals surface area contributed by atoms with Crippen LogP contribution < -0.4 is 10.9 Å². The van der Waals surface area contributed by atoms with Crippen molar-refractivity contribution in [2.45, 2.75) is 31.2 Å². The number of para-hydroxylation sites is 1. The number of anilines is 1. The van der Waals surface area contributed by atoms with Crippen molar-refractivity contribution in [3.8, 4) is 22.8 Å². The lowest BCUT2D eigenvalue weighted by Crippen LogP contribution is -2.27. The van der Waals surface area contributed by atoms with E-state index >= 15 is 0 Å². The van der Waals surface area contributed by atoms with E-state index in [0.717, 1.165) is 22.5 Å². The molecule has 1 N–H and O–H groups in total. The molecule has 5 rings (SSSR count). The second kappa shape index (κ2) is 11.0. The molecule has 5 aromatic rings. The summed E-state index contributed by atoms with van der Waals surface area (Å²) in [6, 6.07) is 24.7. The van der Waals surface area contributed by atoms with Crippen molar-refractivity contribution in [3.05, 3.63) is 105 Å². The third-order valence-corrected chi connectivity index (χ3v) is 7.74. The van der Waals surface area contributed by atoms with E-state index < -0.39 is 5.25 Å². The summed E-state index contributed by atoms with van der Waals surface area (Å²) in [6.07, 6.45) is 0. The quantitative estimate of drug-likeness (QED) is 0.255. The summed E-state index contributed by atoms with van der Waals surface area (Å²) >= 11 is 7.41. The Kier molecular flexibility index (Phi) is 7.45. The predicted molar refractivity (Wildman–Crippen MR) is 156 cm³/mol. The Labute approximate surface area is 235 Å². The molecule has 2 heterocycles. The van der Waals surface area contributed by atoms with E-state index in [1.165, 1.54) is 16.4 Å². The SMILES string of the molecule is Cc1cccc(-c2nnc(SC(C)C(=O)Nc3c(C)n(C)n(-c4ccccc4)c3=O)n2-c2ccc(Cl)cc2)c1. The van der Waals surface area contributed by atoms with E-state index in [1.54, 1.807) is 37.7 Å². The summed E-state index contributed by atoms with van der Waals surface area (Å²) in [4.78, 5) is 26.6. The minimum atomic E-state index is -0.574. The van der Waals surface area contributed by atoms with Gasteiger partial charge in [-0.1, -0.05) is 65.3 Å². The lowest BCUT2D eigenvalue weighted by molar-refractivity contribution is -0.115. The van der Waals surface area contributed by atoms with Gasteiger partial charge < -0.3 is 5.32 Å². The lowest BCUT2D eigenvalue weighted by atomic mass is 10.1. The number of benzene rings is 3. The largest absolute Gasteiger partial charge is 0.319 e. The topological polar surface area (TPSA) is 86.7 Å². The summed E-state index contributed by atoms with van der Waals surface area (Å²) in [7, 11) is 1.79. The fraction of sp³-hybridized carbons (Fsp3) is 0.172. The first-order valence-electron chi connectivity index (χ1n) is 12.3. The zero-order chi connectivity index (χ0) is 27.7. The van der Waals surface area contributed by atoms with Crippen molar-refractivity contribution in [1.82, 2.24) is 24.1 Å². The number of amides is 1. The third-order valence-electron chi connectivity index (χ3n) is 6.45. The summed E-state index contributed by atoms with van der Waals surface area (Å²) in [5, 5.41) is 12.3. The third kappa shape index (κ3) is 5.28. The number of halogens is 1. The summed E-state index contributed by atoms with van der Waals surface area (Å²) in [6.45, 7) is 5.60. The molecule has 0 aliphatic rings. The normalized spacial score (nSPS) is 11.9. The highest BCUT2D eigenvalue weighted by molar-refractivity contribution is 8.00. The smallest absolute Gasteiger partial charge is 0.295 e. The van der Waals surface area contributed by atoms with Crippen LogP contribution in [0.1, 0.15) is 18.2 Å². The van der Waals surface area contributed by atoms with E-state index in [0.29, 0.717) is 21.7 Å². The van der Waals surface area contributed by atoms with E-state index in [1.807, 2.05) is 78.2 Å². The van der Waals surface area contributed by atoms with Gasteiger partial charge in [0.25, 0.3) is 5.56 Å². The minimum absolute atomic E-state index is 0.249. The second-order valence-corrected chi connectivity index (χ2v) is 10.9. The van der Waals surface area contributed by atoms with Crippen molar-refractivity contribution < 1.29 is 4.79 Å². The van der Waals surface area contributed by atoms with Crippen molar-refractivity contribution >= 4 is 35.0 Å². The minimum Gasteiger partial charge on any atom is -0.319 e. The van der Waals surface area contributed by atoms with Crippen LogP contribution in [0.5, 0.6) is 0 Å². The molecular weight excluding hydrogens is 532 g/mol. The summed E-state index contributed by atoms with van der Waals surface area (Å²) < 4.78 is 5.18. The standard InChI is InChI=1S/C29H27ClN6O2S/c1-18-9-8-10-21(17-18)26-32-33-29(35(26)23-15-13-22(30)14-16-23)39-20(3)27(37)31-25-19(2)34(4)36(28(25)38)24-11-6-5-7-12-24/h5-17,20H,1-4H3,(H,31,37). The van der Waals surface area contributed by atoms with Crippen molar-refractivity contribution in [3.63, 3.8) is 0 Å². The molecule has 198 valence electrons. The van der Waals surface area contributed by atoms with E-state index in [4.69, 9.17) is 11.6 Å². The average molecular weight is 559 g/mol. The molecule has 2 aromatic heterocycles. The molecule has 0 aliphatic heterocycles. The number of nitrogens with zero attached hydrogens (tertiary/aromatic N) is 5. The van der Waals surface area contributed by atoms with Crippen LogP contribution in [-0.2, 0) is 11.8 Å². The summed E-state index contributed by atoms with van der Waals surface area (Å²) in [5.41, 5.74) is 4.15. The van der Waals surface area contributed by atoms with E-state index in [9.17, 15) is 9.59 Å². The number of aromatic nitrogens is 5. The van der Waals surface area contributed by atoms with Crippen molar-refractivity contribution in [2.24, 2.45) is 7.05 Å². The first-order valence-corrected chi connectivity index (χ1v) is 13.6. The highest BCUT2D eigenvalue weighted by Crippen LogP contribution is 2.31. The number of hydrogen-bond acceptors (Lipinski definition) is 5. The molecule has 8 nitrogen and oxygen atoms in total. The molecule has 0 aliphatic carbocycles. The molecule has 0 fully saturated rings. The van der Waals surface area contributed by atoms with Gasteiger partial charge in [-0.15, -0.1) is 10.2 Å². The van der Waals surface area contributed by atoms with Gasteiger partial charge in [0.05, 0.1) is 16.6 Å². The number of rotatable bonds is 7. The van der Waals surface area contributed by atoms with Crippen LogP contribution in [0.3, 0.4) is 0 Å². The zero-order valence-electron chi connectivity index (χ0n) is 21.9. The molecule has 0 radical (unpaired) electrons. The van der Waals surface area contributed by atoms with Gasteiger partial charge >= 0.3 is 0 Å². The van der Waals surface area contributed by atoms with Gasteiger partial charge in [0, 0.05) is 23.3 Å². The average Bonchev–Trinajstić information content (AvgIpc) is 3.43. The maximum atomic E-state index is 13.3. The number of aryl methyl sites for hydroxylation is 1. The first kappa shape index (κ1) is 26.5. The number of carbonyl (C=O) groups excluding carboxylic acids is 1. The molecule has 1 unspecified atom stereocenters. The molecule has 0 saturated carbocycles. The van der Waals surface area contributed by atoms with Crippen LogP contribution in [0.2, 0.25) is 5.02 Å². The van der Waals surface area contributed by atoms with Gasteiger partial charge in [0.1, 0.15) is 5.69 Å². The Morgan fingerprint density at radius 1 is 0.949 bits per heavy atom. The lowest BCUT2D eigenvalue weighted by Gasteiger charge is -2.14. The van der Waals surface area contributed by atoms with E-state index in [-0.39, 0.29) is 17.2 Å². The maximum Gasteiger partial charge on any atom is 0.295 e. The van der Waals surface area contributed by atoms with Gasteiger partial charge in [-0.25, -0.2) is 4.68 Å². The van der Waals surface area contributed by atoms with Gasteiger partial charge in [-0.2, -0.15) is 0 Å². The molecule has 39 heavy (non-hydrogen) atoms. The highest BCUT2D eigenvalue weighted by Gasteiger charge is 2.25. The number of thioether (sulfide) groups is 1. The summed E-state index contributed by atoms with van der Waals surface area (Å²) in [5.74, 6) is 0.342. The zero-order valence-corrected chi connectivity index (χ0v) is 23.5. The molecule has 10 heteroatoms. The van der Waals surface area contributed by atoms with Crippen LogP contribution in [0.15, 0.2) is 88.8 Å². The monoisotopic (exact) mass is 558 g/mol. The van der Waals surface area contributed by atoms with Crippen LogP contribution in [0.25, 0.3) is 22.8 Å². The van der Waals surface area contributed by atoms with Gasteiger partial charge in [-0.05, 0) is 63.2 Å². The number of carbonyl (C=O) groups is 1. The number of hydrogen-bond donors (Lipinski definition) is 1. The maximum absolute atomic E-state index is 13.3. The molecular formula is C29H27ClN6O2S. The molecule has 1 amide bonds. The van der Waals surface area contributed by atoms with Gasteiger partial charge in [-0.3, -0.25) is 18.8 Å². The Hall–Kier alpha value is -4.08. The Balaban J connectivity index is 1.45. The van der Waals surface area contributed by atoms with Gasteiger partial charge in [0.2, 0.25) is 5.91 Å². The fourth-order valence-corrected chi connectivity index (χ4v) is 5.28. The second-order valence-electron chi connectivity index (χ2n) is 9.17. The molecule has 0 bridgehead atoms. The molecule has 0 spiro atoms. The fourth-order valence-electron chi connectivity index (χ4n) is 4.29.